The molecule has 0 fully saturated rings. The summed E-state index contributed by atoms with van der Waals surface area (Å²) in [6.45, 7) is 3.70. The molecule has 8 heteroatoms. The number of carbonyl (C=O) groups is 2. The number of ether oxygens (including phenoxy) is 1. The second kappa shape index (κ2) is 7.75. The third-order valence-corrected chi connectivity index (χ3v) is 4.47. The van der Waals surface area contributed by atoms with Gasteiger partial charge in [-0.1, -0.05) is 35.5 Å². The van der Waals surface area contributed by atoms with Crippen molar-refractivity contribution in [3.8, 4) is 0 Å². The van der Waals surface area contributed by atoms with Gasteiger partial charge in [0.2, 0.25) is 0 Å². The van der Waals surface area contributed by atoms with E-state index >= 15 is 0 Å². The van der Waals surface area contributed by atoms with E-state index in [9.17, 15) is 9.59 Å². The van der Waals surface area contributed by atoms with Crippen LogP contribution >= 0.6 is 0 Å². The van der Waals surface area contributed by atoms with Crippen LogP contribution in [0.25, 0.3) is 21.7 Å². The van der Waals surface area contributed by atoms with E-state index in [-0.39, 0.29) is 18.3 Å². The second-order valence-corrected chi connectivity index (χ2v) is 6.97. The molecule has 2 aromatic carbocycles. The van der Waals surface area contributed by atoms with E-state index in [2.05, 4.69) is 15.5 Å². The van der Waals surface area contributed by atoms with Gasteiger partial charge in [-0.25, -0.2) is 9.78 Å². The minimum Gasteiger partial charge on any atom is -0.461 e. The van der Waals surface area contributed by atoms with Crippen molar-refractivity contribution in [2.24, 2.45) is 0 Å². The van der Waals surface area contributed by atoms with Gasteiger partial charge < -0.3 is 19.1 Å². The van der Waals surface area contributed by atoms with Crippen molar-refractivity contribution in [2.45, 2.75) is 32.5 Å². The Hall–Kier alpha value is -3.68. The first kappa shape index (κ1) is 18.7. The number of imidazole rings is 1. The Morgan fingerprint density at radius 2 is 2.00 bits per heavy atom. The van der Waals surface area contributed by atoms with Crippen LogP contribution in [0, 0.1) is 0 Å². The van der Waals surface area contributed by atoms with Crippen LogP contribution in [0.3, 0.4) is 0 Å². The van der Waals surface area contributed by atoms with Gasteiger partial charge in [-0.2, -0.15) is 0 Å². The van der Waals surface area contributed by atoms with Crippen molar-refractivity contribution in [3.05, 3.63) is 60.8 Å². The molecule has 0 spiro atoms. The Balaban J connectivity index is 1.63. The van der Waals surface area contributed by atoms with Gasteiger partial charge in [-0.05, 0) is 25.3 Å². The molecule has 148 valence electrons. The highest BCUT2D eigenvalue weighted by molar-refractivity contribution is 6.12. The van der Waals surface area contributed by atoms with E-state index in [4.69, 9.17) is 9.26 Å². The van der Waals surface area contributed by atoms with Crippen molar-refractivity contribution < 1.29 is 18.8 Å². The molecule has 4 rings (SSSR count). The smallest absolute Gasteiger partial charge is 0.330 e. The zero-order valence-electron chi connectivity index (χ0n) is 16.0. The second-order valence-electron chi connectivity index (χ2n) is 6.97. The molecule has 1 N–H and O–H groups in total. The molecule has 2 aromatic heterocycles. The van der Waals surface area contributed by atoms with Crippen molar-refractivity contribution in [1.29, 1.82) is 0 Å². The number of carbonyl (C=O) groups excluding carboxylic acids is 2. The molecule has 1 unspecified atom stereocenters. The molecule has 29 heavy (non-hydrogen) atoms. The van der Waals surface area contributed by atoms with Gasteiger partial charge in [0.15, 0.2) is 11.3 Å². The lowest BCUT2D eigenvalue weighted by Crippen LogP contribution is -2.45. The summed E-state index contributed by atoms with van der Waals surface area (Å²) in [7, 11) is 0. The number of rotatable bonds is 6. The Bertz CT molecular complexity index is 1160. The average Bonchev–Trinajstić information content (AvgIpc) is 3.36. The van der Waals surface area contributed by atoms with E-state index in [0.29, 0.717) is 11.0 Å². The highest BCUT2D eigenvalue weighted by Crippen LogP contribution is 2.27. The van der Waals surface area contributed by atoms with Gasteiger partial charge in [0.05, 0.1) is 24.4 Å². The van der Waals surface area contributed by atoms with Crippen molar-refractivity contribution >= 4 is 33.6 Å². The topological polar surface area (TPSA) is 99.2 Å². The number of nitrogens with one attached hydrogen (secondary N) is 1. The van der Waals surface area contributed by atoms with Crippen LogP contribution < -0.4 is 5.32 Å². The molecule has 8 nitrogen and oxygen atoms in total. The fourth-order valence-corrected chi connectivity index (χ4v) is 3.16. The molecule has 0 aliphatic heterocycles. The molecule has 2 heterocycles. The fraction of sp³-hybridized carbons (Fsp3) is 0.238. The molecule has 0 aliphatic rings. The third-order valence-electron chi connectivity index (χ3n) is 4.47. The van der Waals surface area contributed by atoms with Crippen LogP contribution in [0.1, 0.15) is 24.3 Å². The summed E-state index contributed by atoms with van der Waals surface area (Å²) in [5.41, 5.74) is 0.655. The molecular formula is C21H20N4O4. The summed E-state index contributed by atoms with van der Waals surface area (Å²) in [6, 6.07) is 10.5. The van der Waals surface area contributed by atoms with E-state index in [0.717, 1.165) is 10.8 Å². The molecule has 0 radical (unpaired) electrons. The van der Waals surface area contributed by atoms with Gasteiger partial charge in [0.1, 0.15) is 6.04 Å². The largest absolute Gasteiger partial charge is 0.461 e. The number of hydrogen-bond acceptors (Lipinski definition) is 6. The van der Waals surface area contributed by atoms with Crippen LogP contribution in [0.2, 0.25) is 0 Å². The fourth-order valence-electron chi connectivity index (χ4n) is 3.16. The highest BCUT2D eigenvalue weighted by Gasteiger charge is 2.27. The van der Waals surface area contributed by atoms with Gasteiger partial charge in [0, 0.05) is 17.8 Å². The highest BCUT2D eigenvalue weighted by atomic mass is 16.5. The molecule has 4 aromatic rings. The number of amides is 1. The number of nitrogens with zero attached hydrogens (tertiary/aromatic N) is 3. The lowest BCUT2D eigenvalue weighted by atomic mass is 10.1. The number of benzene rings is 2. The lowest BCUT2D eigenvalue weighted by molar-refractivity contribution is -0.150. The van der Waals surface area contributed by atoms with Gasteiger partial charge >= 0.3 is 5.97 Å². The Morgan fingerprint density at radius 3 is 2.76 bits per heavy atom. The lowest BCUT2D eigenvalue weighted by Gasteiger charge is -2.19. The first-order valence-electron chi connectivity index (χ1n) is 9.27. The normalized spacial score (nSPS) is 12.4. The SMILES string of the molecule is CC(C)OC(=O)C(Cn1ccnc1)NC(=O)c1noc2c1ccc1ccccc12. The molecule has 0 aliphatic carbocycles. The molecule has 0 saturated heterocycles. The summed E-state index contributed by atoms with van der Waals surface area (Å²) in [4.78, 5) is 29.4. The minimum atomic E-state index is -0.897. The van der Waals surface area contributed by atoms with Crippen LogP contribution in [-0.2, 0) is 16.1 Å². The van der Waals surface area contributed by atoms with Crippen molar-refractivity contribution in [2.75, 3.05) is 0 Å². The number of fused-ring (bicyclic) bond motifs is 3. The van der Waals surface area contributed by atoms with Gasteiger partial charge in [-0.3, -0.25) is 4.79 Å². The number of esters is 1. The molecule has 0 bridgehead atoms. The number of aromatic nitrogens is 3. The summed E-state index contributed by atoms with van der Waals surface area (Å²) in [5.74, 6) is -1.04. The van der Waals surface area contributed by atoms with Crippen LogP contribution in [0.5, 0.6) is 0 Å². The van der Waals surface area contributed by atoms with Gasteiger partial charge in [0.25, 0.3) is 5.91 Å². The average molecular weight is 392 g/mol. The summed E-state index contributed by atoms with van der Waals surface area (Å²) >= 11 is 0. The monoisotopic (exact) mass is 392 g/mol. The van der Waals surface area contributed by atoms with Crippen LogP contribution in [-0.4, -0.2) is 38.7 Å². The predicted octanol–water partition coefficient (Wildman–Crippen LogP) is 2.93. The molecular weight excluding hydrogens is 372 g/mol. The summed E-state index contributed by atoms with van der Waals surface area (Å²) in [6.07, 6.45) is 4.57. The maximum atomic E-state index is 12.9. The number of hydrogen-bond donors (Lipinski definition) is 1. The van der Waals surface area contributed by atoms with E-state index in [1.54, 1.807) is 43.2 Å². The first-order valence-corrected chi connectivity index (χ1v) is 9.27. The van der Waals surface area contributed by atoms with Crippen molar-refractivity contribution in [3.63, 3.8) is 0 Å². The quantitative estimate of drug-likeness (QED) is 0.507. The molecule has 0 saturated carbocycles. The zero-order valence-corrected chi connectivity index (χ0v) is 16.0. The summed E-state index contributed by atoms with van der Waals surface area (Å²) < 4.78 is 12.4. The molecule has 1 atom stereocenters. The van der Waals surface area contributed by atoms with E-state index < -0.39 is 17.9 Å². The Labute approximate surface area is 166 Å². The maximum Gasteiger partial charge on any atom is 0.330 e. The Morgan fingerprint density at radius 1 is 1.17 bits per heavy atom. The van der Waals surface area contributed by atoms with Crippen LogP contribution in [0.15, 0.2) is 59.6 Å². The van der Waals surface area contributed by atoms with Crippen LogP contribution in [0.4, 0.5) is 0 Å². The van der Waals surface area contributed by atoms with E-state index in [1.165, 1.54) is 0 Å². The van der Waals surface area contributed by atoms with E-state index in [1.807, 2.05) is 30.3 Å². The third kappa shape index (κ3) is 3.82. The standard InChI is InChI=1S/C21H20N4O4/c1-13(2)28-21(27)17(11-25-10-9-22-12-25)23-20(26)18-16-8-7-14-5-3-4-6-15(14)19(16)29-24-18/h3-10,12-13,17H,11H2,1-2H3,(H,23,26). The van der Waals surface area contributed by atoms with Crippen molar-refractivity contribution in [1.82, 2.24) is 20.0 Å². The minimum absolute atomic E-state index is 0.124. The predicted molar refractivity (Wildman–Crippen MR) is 106 cm³/mol. The maximum absolute atomic E-state index is 12.9. The van der Waals surface area contributed by atoms with Gasteiger partial charge in [-0.15, -0.1) is 0 Å². The molecule has 1 amide bonds. The summed E-state index contributed by atoms with van der Waals surface area (Å²) in [5, 5.41) is 9.11. The first-order chi connectivity index (χ1) is 14.0. The Kier molecular flexibility index (Phi) is 4.99. The zero-order chi connectivity index (χ0) is 20.4.